The van der Waals surface area contributed by atoms with E-state index in [1.807, 2.05) is 39.0 Å². The van der Waals surface area contributed by atoms with Crippen molar-refractivity contribution in [3.05, 3.63) is 62.6 Å². The predicted octanol–water partition coefficient (Wildman–Crippen LogP) is 4.12. The van der Waals surface area contributed by atoms with Crippen LogP contribution >= 0.6 is 23.2 Å². The van der Waals surface area contributed by atoms with Crippen LogP contribution in [0.25, 0.3) is 0 Å². The first-order valence-electron chi connectivity index (χ1n) is 9.56. The first-order valence-corrected chi connectivity index (χ1v) is 11.8. The van der Waals surface area contributed by atoms with Crippen LogP contribution in [-0.4, -0.2) is 44.9 Å². The molecule has 0 unspecified atom stereocenters. The Morgan fingerprint density at radius 2 is 1.77 bits per heavy atom. The summed E-state index contributed by atoms with van der Waals surface area (Å²) in [5.41, 5.74) is 3.17. The zero-order valence-electron chi connectivity index (χ0n) is 17.0. The maximum Gasteiger partial charge on any atom is 0.253 e. The van der Waals surface area contributed by atoms with Crippen LogP contribution in [0, 0.1) is 13.8 Å². The van der Waals surface area contributed by atoms with Gasteiger partial charge in [0.15, 0.2) is 0 Å². The summed E-state index contributed by atoms with van der Waals surface area (Å²) in [6.45, 7) is 6.90. The van der Waals surface area contributed by atoms with Crippen molar-refractivity contribution in [3.8, 4) is 0 Å². The van der Waals surface area contributed by atoms with Crippen molar-refractivity contribution in [2.75, 3.05) is 26.3 Å². The molecule has 1 aliphatic rings. The molecule has 0 bridgehead atoms. The number of benzene rings is 2. The average Bonchev–Trinajstić information content (AvgIpc) is 2.70. The molecule has 0 radical (unpaired) electrons. The molecular formula is C21H24Cl2N2O4S. The molecule has 2 aromatic rings. The van der Waals surface area contributed by atoms with Crippen molar-refractivity contribution < 1.29 is 17.9 Å². The fraction of sp³-hybridized carbons (Fsp3) is 0.381. The standard InChI is InChI=1S/C21H24Cl2N2O4S/c1-13-4-5-14(2)16(10-13)15(3)24-21(26)17-11-20(19(23)12-18(17)22)30(27,28)25-6-8-29-9-7-25/h4-5,10-12,15H,6-9H2,1-3H3,(H,24,26)/t15-/m1/s1. The molecule has 0 spiro atoms. The number of hydrogen-bond donors (Lipinski definition) is 1. The van der Waals surface area contributed by atoms with Crippen molar-refractivity contribution in [3.63, 3.8) is 0 Å². The Morgan fingerprint density at radius 1 is 1.10 bits per heavy atom. The molecule has 3 rings (SSSR count). The molecule has 1 N–H and O–H groups in total. The smallest absolute Gasteiger partial charge is 0.253 e. The molecule has 0 saturated carbocycles. The third kappa shape index (κ3) is 4.81. The van der Waals surface area contributed by atoms with Gasteiger partial charge >= 0.3 is 0 Å². The molecule has 1 heterocycles. The Bertz CT molecular complexity index is 1070. The fourth-order valence-electron chi connectivity index (χ4n) is 3.41. The Morgan fingerprint density at radius 3 is 2.43 bits per heavy atom. The molecular weight excluding hydrogens is 447 g/mol. The SMILES string of the molecule is Cc1ccc(C)c([C@@H](C)NC(=O)c2cc(S(=O)(=O)N3CCOCC3)c(Cl)cc2Cl)c1. The lowest BCUT2D eigenvalue weighted by molar-refractivity contribution is 0.0730. The molecule has 30 heavy (non-hydrogen) atoms. The summed E-state index contributed by atoms with van der Waals surface area (Å²) in [4.78, 5) is 12.8. The number of nitrogens with zero attached hydrogens (tertiary/aromatic N) is 1. The summed E-state index contributed by atoms with van der Waals surface area (Å²) >= 11 is 12.4. The highest BCUT2D eigenvalue weighted by atomic mass is 35.5. The van der Waals surface area contributed by atoms with Crippen molar-refractivity contribution >= 4 is 39.1 Å². The van der Waals surface area contributed by atoms with Crippen LogP contribution in [0.15, 0.2) is 35.2 Å². The zero-order valence-corrected chi connectivity index (χ0v) is 19.4. The molecule has 9 heteroatoms. The van der Waals surface area contributed by atoms with Gasteiger partial charge in [-0.25, -0.2) is 8.42 Å². The first-order chi connectivity index (χ1) is 14.1. The Labute approximate surface area is 187 Å². The van der Waals surface area contributed by atoms with Gasteiger partial charge in [-0.1, -0.05) is 47.0 Å². The molecule has 1 fully saturated rings. The van der Waals surface area contributed by atoms with E-state index in [2.05, 4.69) is 5.32 Å². The lowest BCUT2D eigenvalue weighted by Gasteiger charge is -2.26. The molecule has 1 aliphatic heterocycles. The number of carbonyl (C=O) groups excluding carboxylic acids is 1. The Balaban J connectivity index is 1.91. The molecule has 162 valence electrons. The second kappa shape index (κ2) is 9.24. The Kier molecular flexibility index (Phi) is 7.09. The van der Waals surface area contributed by atoms with Crippen molar-refractivity contribution in [2.45, 2.75) is 31.7 Å². The van der Waals surface area contributed by atoms with Crippen molar-refractivity contribution in [1.29, 1.82) is 0 Å². The summed E-state index contributed by atoms with van der Waals surface area (Å²) < 4.78 is 32.6. The average molecular weight is 471 g/mol. The van der Waals surface area contributed by atoms with Crippen LogP contribution in [0.2, 0.25) is 10.0 Å². The van der Waals surface area contributed by atoms with Gasteiger partial charge in [0.25, 0.3) is 5.91 Å². The maximum atomic E-state index is 13.0. The summed E-state index contributed by atoms with van der Waals surface area (Å²) in [7, 11) is -3.88. The number of sulfonamides is 1. The van der Waals surface area contributed by atoms with E-state index in [9.17, 15) is 13.2 Å². The topological polar surface area (TPSA) is 75.7 Å². The van der Waals surface area contributed by atoms with Crippen molar-refractivity contribution in [2.24, 2.45) is 0 Å². The Hall–Kier alpha value is -1.64. The van der Waals surface area contributed by atoms with Crippen LogP contribution in [0.4, 0.5) is 0 Å². The van der Waals surface area contributed by atoms with E-state index in [0.29, 0.717) is 13.2 Å². The summed E-state index contributed by atoms with van der Waals surface area (Å²) in [5, 5.41) is 2.97. The van der Waals surface area contributed by atoms with Crippen LogP contribution < -0.4 is 5.32 Å². The molecule has 6 nitrogen and oxygen atoms in total. The highest BCUT2D eigenvalue weighted by Gasteiger charge is 2.30. The molecule has 2 aromatic carbocycles. The van der Waals surface area contributed by atoms with E-state index in [-0.39, 0.29) is 39.6 Å². The maximum absolute atomic E-state index is 13.0. The van der Waals surface area contributed by atoms with Gasteiger partial charge in [-0.15, -0.1) is 0 Å². The minimum absolute atomic E-state index is 0.0226. The van der Waals surface area contributed by atoms with E-state index in [4.69, 9.17) is 27.9 Å². The van der Waals surface area contributed by atoms with E-state index in [1.54, 1.807) is 0 Å². The predicted molar refractivity (Wildman–Crippen MR) is 118 cm³/mol. The molecule has 0 aliphatic carbocycles. The summed E-state index contributed by atoms with van der Waals surface area (Å²) in [6, 6.07) is 8.28. The highest BCUT2D eigenvalue weighted by molar-refractivity contribution is 7.89. The van der Waals surface area contributed by atoms with E-state index in [1.165, 1.54) is 16.4 Å². The zero-order chi connectivity index (χ0) is 22.1. The van der Waals surface area contributed by atoms with Gasteiger partial charge in [-0.2, -0.15) is 4.31 Å². The van der Waals surface area contributed by atoms with Crippen LogP contribution in [-0.2, 0) is 14.8 Å². The molecule has 1 amide bonds. The monoisotopic (exact) mass is 470 g/mol. The number of ether oxygens (including phenoxy) is 1. The first kappa shape index (κ1) is 23.0. The van der Waals surface area contributed by atoms with Crippen LogP contribution in [0.3, 0.4) is 0 Å². The third-order valence-electron chi connectivity index (χ3n) is 5.10. The number of nitrogens with one attached hydrogen (secondary N) is 1. The number of morpholine rings is 1. The molecule has 0 aromatic heterocycles. The second-order valence-corrected chi connectivity index (χ2v) is 10.1. The molecule has 1 atom stereocenters. The summed E-state index contributed by atoms with van der Waals surface area (Å²) in [6.07, 6.45) is 0. The van der Waals surface area contributed by atoms with Gasteiger partial charge in [0.05, 0.1) is 34.9 Å². The van der Waals surface area contributed by atoms with Gasteiger partial charge in [-0.05, 0) is 44.0 Å². The van der Waals surface area contributed by atoms with Gasteiger partial charge in [0.2, 0.25) is 10.0 Å². The van der Waals surface area contributed by atoms with E-state index >= 15 is 0 Å². The number of rotatable bonds is 5. The van der Waals surface area contributed by atoms with Crippen molar-refractivity contribution in [1.82, 2.24) is 9.62 Å². The van der Waals surface area contributed by atoms with E-state index < -0.39 is 15.9 Å². The lowest BCUT2D eigenvalue weighted by Crippen LogP contribution is -2.40. The quantitative estimate of drug-likeness (QED) is 0.712. The normalized spacial score (nSPS) is 16.3. The van der Waals surface area contributed by atoms with Gasteiger partial charge in [-0.3, -0.25) is 4.79 Å². The van der Waals surface area contributed by atoms with Crippen LogP contribution in [0.1, 0.15) is 40.0 Å². The second-order valence-electron chi connectivity index (χ2n) is 7.33. The number of carbonyl (C=O) groups is 1. The third-order valence-corrected chi connectivity index (χ3v) is 7.78. The van der Waals surface area contributed by atoms with Gasteiger partial charge < -0.3 is 10.1 Å². The van der Waals surface area contributed by atoms with Gasteiger partial charge in [0, 0.05) is 13.1 Å². The minimum Gasteiger partial charge on any atom is -0.379 e. The fourth-order valence-corrected chi connectivity index (χ4v) is 5.65. The number of halogens is 2. The van der Waals surface area contributed by atoms with Gasteiger partial charge in [0.1, 0.15) is 4.90 Å². The summed E-state index contributed by atoms with van der Waals surface area (Å²) in [5.74, 6) is -0.469. The van der Waals surface area contributed by atoms with E-state index in [0.717, 1.165) is 16.7 Å². The lowest BCUT2D eigenvalue weighted by atomic mass is 9.99. The minimum atomic E-state index is -3.88. The van der Waals surface area contributed by atoms with Crippen LogP contribution in [0.5, 0.6) is 0 Å². The number of hydrogen-bond acceptors (Lipinski definition) is 4. The molecule has 1 saturated heterocycles. The largest absolute Gasteiger partial charge is 0.379 e. The highest BCUT2D eigenvalue weighted by Crippen LogP contribution is 2.31. The number of aryl methyl sites for hydroxylation is 2. The number of amides is 1.